The molecule has 2 aliphatic rings. The molecule has 1 saturated carbocycles. The number of benzene rings is 1. The van der Waals surface area contributed by atoms with Crippen LogP contribution in [0.25, 0.3) is 11.0 Å². The van der Waals surface area contributed by atoms with E-state index >= 15 is 0 Å². The quantitative estimate of drug-likeness (QED) is 0.511. The smallest absolute Gasteiger partial charge is 0.255 e. The molecule has 0 amide bonds. The van der Waals surface area contributed by atoms with Crippen LogP contribution in [0.15, 0.2) is 55.9 Å². The summed E-state index contributed by atoms with van der Waals surface area (Å²) < 4.78 is 6.02. The molecule has 0 atom stereocenters. The summed E-state index contributed by atoms with van der Waals surface area (Å²) in [6.07, 6.45) is 3.09. The van der Waals surface area contributed by atoms with Crippen LogP contribution < -0.4 is 5.56 Å². The number of nitrogens with one attached hydrogen (secondary N) is 2. The van der Waals surface area contributed by atoms with Crippen LogP contribution in [0.4, 0.5) is 0 Å². The fourth-order valence-electron chi connectivity index (χ4n) is 3.98. The highest BCUT2D eigenvalue weighted by Crippen LogP contribution is 2.38. The van der Waals surface area contributed by atoms with Crippen LogP contribution in [0, 0.1) is 0 Å². The van der Waals surface area contributed by atoms with Crippen LogP contribution in [0.2, 0.25) is 0 Å². The third kappa shape index (κ3) is 3.46. The highest BCUT2D eigenvalue weighted by Gasteiger charge is 2.29. The van der Waals surface area contributed by atoms with Crippen molar-refractivity contribution < 1.29 is 4.42 Å². The number of hydrogen-bond donors (Lipinski definition) is 2. The Hall–Kier alpha value is -2.84. The summed E-state index contributed by atoms with van der Waals surface area (Å²) in [6, 6.07) is 11.9. The molecule has 1 aromatic carbocycles. The standard InChI is InChI=1S/C22H21N5O2S/c28-21-15-12-27(10-9-16(15)23-20(26-21)13-5-6-13)11-14-7-8-19(29-14)30-22-24-17-3-1-2-4-18(17)25-22/h1-4,7-8,13H,5-6,9-12H2,(H,24,25)(H,23,26,28). The van der Waals surface area contributed by atoms with Gasteiger partial charge in [-0.05, 0) is 48.9 Å². The minimum absolute atomic E-state index is 0.0205. The Morgan fingerprint density at radius 3 is 2.90 bits per heavy atom. The first-order chi connectivity index (χ1) is 14.7. The van der Waals surface area contributed by atoms with E-state index in [1.54, 1.807) is 0 Å². The number of imidazole rings is 1. The monoisotopic (exact) mass is 419 g/mol. The lowest BCUT2D eigenvalue weighted by Gasteiger charge is -2.26. The van der Waals surface area contributed by atoms with E-state index in [1.165, 1.54) is 11.8 Å². The van der Waals surface area contributed by atoms with E-state index in [0.29, 0.717) is 19.0 Å². The molecule has 0 radical (unpaired) electrons. The van der Waals surface area contributed by atoms with Gasteiger partial charge in [-0.3, -0.25) is 9.69 Å². The van der Waals surface area contributed by atoms with E-state index in [9.17, 15) is 4.79 Å². The number of fused-ring (bicyclic) bond motifs is 2. The highest BCUT2D eigenvalue weighted by atomic mass is 32.2. The zero-order valence-corrected chi connectivity index (χ0v) is 17.2. The maximum Gasteiger partial charge on any atom is 0.255 e. The Balaban J connectivity index is 1.14. The van der Waals surface area contributed by atoms with Gasteiger partial charge in [-0.2, -0.15) is 0 Å². The van der Waals surface area contributed by atoms with E-state index in [0.717, 1.165) is 69.9 Å². The molecule has 7 nitrogen and oxygen atoms in total. The summed E-state index contributed by atoms with van der Waals surface area (Å²) in [4.78, 5) is 30.4. The van der Waals surface area contributed by atoms with Gasteiger partial charge in [-0.25, -0.2) is 9.97 Å². The molecule has 6 rings (SSSR count). The Morgan fingerprint density at radius 2 is 2.03 bits per heavy atom. The maximum atomic E-state index is 12.5. The van der Waals surface area contributed by atoms with E-state index in [1.807, 2.05) is 36.4 Å². The molecule has 1 fully saturated rings. The molecule has 152 valence electrons. The van der Waals surface area contributed by atoms with Crippen molar-refractivity contribution >= 4 is 22.8 Å². The van der Waals surface area contributed by atoms with Gasteiger partial charge < -0.3 is 14.4 Å². The molecule has 4 aromatic rings. The number of nitrogens with zero attached hydrogens (tertiary/aromatic N) is 3. The van der Waals surface area contributed by atoms with Crippen LogP contribution >= 0.6 is 11.8 Å². The minimum Gasteiger partial charge on any atom is -0.453 e. The molecule has 0 saturated heterocycles. The van der Waals surface area contributed by atoms with Crippen LogP contribution in [-0.4, -0.2) is 31.4 Å². The van der Waals surface area contributed by atoms with E-state index in [2.05, 4.69) is 19.9 Å². The van der Waals surface area contributed by atoms with Gasteiger partial charge in [0.25, 0.3) is 5.56 Å². The molecular weight excluding hydrogens is 398 g/mol. The number of rotatable bonds is 5. The normalized spacial score (nSPS) is 16.8. The Kier molecular flexibility index (Phi) is 4.28. The third-order valence-electron chi connectivity index (χ3n) is 5.71. The predicted octanol–water partition coefficient (Wildman–Crippen LogP) is 3.83. The lowest BCUT2D eigenvalue weighted by molar-refractivity contribution is 0.217. The van der Waals surface area contributed by atoms with Gasteiger partial charge in [0.15, 0.2) is 10.2 Å². The SMILES string of the molecule is O=c1[nH]c(C2CC2)nc2c1CN(Cc1ccc(Sc3nc4ccccc4[nH]3)o1)CC2. The highest BCUT2D eigenvalue weighted by molar-refractivity contribution is 7.99. The molecule has 30 heavy (non-hydrogen) atoms. The number of para-hydroxylation sites is 2. The molecule has 2 N–H and O–H groups in total. The van der Waals surface area contributed by atoms with Crippen molar-refractivity contribution in [2.75, 3.05) is 6.54 Å². The summed E-state index contributed by atoms with van der Waals surface area (Å²) in [7, 11) is 0. The first-order valence-corrected chi connectivity index (χ1v) is 11.1. The third-order valence-corrected chi connectivity index (χ3v) is 6.52. The predicted molar refractivity (Wildman–Crippen MR) is 114 cm³/mol. The van der Waals surface area contributed by atoms with Crippen molar-refractivity contribution in [2.45, 2.75) is 48.5 Å². The number of H-pyrrole nitrogens is 2. The van der Waals surface area contributed by atoms with Gasteiger partial charge in [-0.1, -0.05) is 12.1 Å². The van der Waals surface area contributed by atoms with Crippen LogP contribution in [0.5, 0.6) is 0 Å². The molecule has 0 unspecified atom stereocenters. The first kappa shape index (κ1) is 18.0. The largest absolute Gasteiger partial charge is 0.453 e. The Labute approximate surface area is 176 Å². The van der Waals surface area contributed by atoms with Crippen molar-refractivity contribution in [1.29, 1.82) is 0 Å². The van der Waals surface area contributed by atoms with Gasteiger partial charge in [0.1, 0.15) is 11.6 Å². The molecule has 0 spiro atoms. The lowest BCUT2D eigenvalue weighted by atomic mass is 10.1. The average molecular weight is 420 g/mol. The zero-order chi connectivity index (χ0) is 20.1. The number of hydrogen-bond acceptors (Lipinski definition) is 6. The zero-order valence-electron chi connectivity index (χ0n) is 16.4. The molecule has 1 aliphatic heterocycles. The molecular formula is C22H21N5O2S. The van der Waals surface area contributed by atoms with Crippen LogP contribution in [0.3, 0.4) is 0 Å². The number of aromatic nitrogens is 4. The minimum atomic E-state index is 0.0205. The Morgan fingerprint density at radius 1 is 1.13 bits per heavy atom. The second-order valence-corrected chi connectivity index (χ2v) is 8.99. The first-order valence-electron chi connectivity index (χ1n) is 10.3. The van der Waals surface area contributed by atoms with Crippen molar-refractivity contribution in [3.05, 3.63) is 69.6 Å². The summed E-state index contributed by atoms with van der Waals surface area (Å²) in [5, 5.41) is 1.61. The molecule has 0 bridgehead atoms. The Bertz CT molecular complexity index is 1250. The van der Waals surface area contributed by atoms with Gasteiger partial charge in [0.05, 0.1) is 28.8 Å². The van der Waals surface area contributed by atoms with Crippen molar-refractivity contribution in [3.63, 3.8) is 0 Å². The van der Waals surface area contributed by atoms with Crippen LogP contribution in [0.1, 0.15) is 41.6 Å². The van der Waals surface area contributed by atoms with Crippen molar-refractivity contribution in [3.8, 4) is 0 Å². The van der Waals surface area contributed by atoms with Gasteiger partial charge in [0, 0.05) is 25.4 Å². The molecule has 3 aromatic heterocycles. The summed E-state index contributed by atoms with van der Waals surface area (Å²) in [6.45, 7) is 2.15. The van der Waals surface area contributed by atoms with Crippen LogP contribution in [-0.2, 0) is 19.5 Å². The molecule has 4 heterocycles. The maximum absolute atomic E-state index is 12.5. The van der Waals surface area contributed by atoms with E-state index in [-0.39, 0.29) is 5.56 Å². The topological polar surface area (TPSA) is 90.8 Å². The summed E-state index contributed by atoms with van der Waals surface area (Å²) in [5.41, 5.74) is 3.75. The lowest BCUT2D eigenvalue weighted by Crippen LogP contribution is -2.35. The van der Waals surface area contributed by atoms with Gasteiger partial charge in [0.2, 0.25) is 0 Å². The summed E-state index contributed by atoms with van der Waals surface area (Å²) >= 11 is 1.48. The van der Waals surface area contributed by atoms with Crippen molar-refractivity contribution in [2.24, 2.45) is 0 Å². The van der Waals surface area contributed by atoms with E-state index < -0.39 is 0 Å². The van der Waals surface area contributed by atoms with Gasteiger partial charge >= 0.3 is 0 Å². The second kappa shape index (κ2) is 7.14. The number of aromatic amines is 2. The second-order valence-electron chi connectivity index (χ2n) is 7.99. The average Bonchev–Trinajstić information content (AvgIpc) is 3.38. The summed E-state index contributed by atoms with van der Waals surface area (Å²) in [5.74, 6) is 2.23. The molecule has 1 aliphatic carbocycles. The molecule has 8 heteroatoms. The van der Waals surface area contributed by atoms with Gasteiger partial charge in [-0.15, -0.1) is 0 Å². The number of furan rings is 1. The van der Waals surface area contributed by atoms with E-state index in [4.69, 9.17) is 9.40 Å². The van der Waals surface area contributed by atoms with Crippen molar-refractivity contribution in [1.82, 2.24) is 24.8 Å². The fourth-order valence-corrected chi connectivity index (χ4v) is 4.76. The fraction of sp³-hybridized carbons (Fsp3) is 0.318.